The fourth-order valence-electron chi connectivity index (χ4n) is 6.17. The largest absolute Gasteiger partial charge is 0.494 e. The minimum Gasteiger partial charge on any atom is -0.494 e. The second-order valence-corrected chi connectivity index (χ2v) is 15.9. The molecule has 2 amide bonds. The Morgan fingerprint density at radius 2 is 1.63 bits per heavy atom. The van der Waals surface area contributed by atoms with Crippen LogP contribution in [0, 0.1) is 0 Å². The van der Waals surface area contributed by atoms with Crippen molar-refractivity contribution in [2.45, 2.75) is 89.7 Å². The lowest BCUT2D eigenvalue weighted by molar-refractivity contribution is -0.124. The molecule has 1 saturated heterocycles. The van der Waals surface area contributed by atoms with Crippen LogP contribution in [0.3, 0.4) is 0 Å². The van der Waals surface area contributed by atoms with Crippen molar-refractivity contribution in [2.24, 2.45) is 0 Å². The van der Waals surface area contributed by atoms with Gasteiger partial charge in [0.25, 0.3) is 5.91 Å². The topological polar surface area (TPSA) is 117 Å². The minimum atomic E-state index is -0.989. The zero-order valence-electron chi connectivity index (χ0n) is 30.7. The third kappa shape index (κ3) is 10.9. The van der Waals surface area contributed by atoms with Gasteiger partial charge in [0, 0.05) is 54.5 Å². The lowest BCUT2D eigenvalue weighted by atomic mass is 9.95. The Bertz CT molecular complexity index is 1720. The van der Waals surface area contributed by atoms with Gasteiger partial charge in [0.15, 0.2) is 5.82 Å². The van der Waals surface area contributed by atoms with Crippen LogP contribution in [-0.2, 0) is 16.6 Å². The van der Waals surface area contributed by atoms with Gasteiger partial charge in [-0.05, 0) is 60.7 Å². The quantitative estimate of drug-likeness (QED) is 0.107. The second-order valence-electron chi connectivity index (χ2n) is 14.9. The van der Waals surface area contributed by atoms with Gasteiger partial charge in [-0.15, -0.1) is 11.3 Å². The van der Waals surface area contributed by atoms with E-state index in [4.69, 9.17) is 4.74 Å². The van der Waals surface area contributed by atoms with Crippen LogP contribution in [0.15, 0.2) is 73.1 Å². The molecule has 51 heavy (non-hydrogen) atoms. The molecule has 2 aromatic carbocycles. The van der Waals surface area contributed by atoms with E-state index >= 15 is 0 Å². The molecule has 0 aliphatic carbocycles. The van der Waals surface area contributed by atoms with Crippen LogP contribution in [-0.4, -0.2) is 76.7 Å². The van der Waals surface area contributed by atoms with E-state index in [0.717, 1.165) is 52.5 Å². The third-order valence-electron chi connectivity index (χ3n) is 9.31. The van der Waals surface area contributed by atoms with Crippen LogP contribution in [0.5, 0.6) is 5.75 Å². The summed E-state index contributed by atoms with van der Waals surface area (Å²) in [4.78, 5) is 39.8. The summed E-state index contributed by atoms with van der Waals surface area (Å²) in [5.41, 5.74) is 2.59. The number of amides is 2. The van der Waals surface area contributed by atoms with Crippen LogP contribution >= 0.6 is 11.3 Å². The summed E-state index contributed by atoms with van der Waals surface area (Å²) in [6.07, 6.45) is 10.6. The lowest BCUT2D eigenvalue weighted by Crippen LogP contribution is -2.52. The monoisotopic (exact) mass is 711 g/mol. The average molecular weight is 712 g/mol. The molecular weight excluding hydrogens is 659 g/mol. The number of aliphatic hydroxyl groups is 1. The molecule has 9 nitrogen and oxygen atoms in total. The van der Waals surface area contributed by atoms with Gasteiger partial charge in [-0.25, -0.2) is 9.97 Å². The number of nitrogens with one attached hydrogen (secondary N) is 2. The molecule has 3 N–H and O–H groups in total. The average Bonchev–Trinajstić information content (AvgIpc) is 3.76. The third-order valence-corrected chi connectivity index (χ3v) is 10.8. The zero-order valence-corrected chi connectivity index (χ0v) is 31.5. The number of hydrogen-bond acceptors (Lipinski definition) is 8. The highest BCUT2D eigenvalue weighted by atomic mass is 32.1. The highest BCUT2D eigenvalue weighted by molar-refractivity contribution is 7.14. The fraction of sp³-hybridized carbons (Fsp3) is 0.463. The molecule has 0 bridgehead atoms. The number of hydrogen-bond donors (Lipinski definition) is 3. The fourth-order valence-corrected chi connectivity index (χ4v) is 7.14. The summed E-state index contributed by atoms with van der Waals surface area (Å²) in [5.74, 6) is 0.841. The first kappa shape index (κ1) is 38.1. The van der Waals surface area contributed by atoms with Crippen molar-refractivity contribution in [1.82, 2.24) is 25.5 Å². The molecule has 0 spiro atoms. The zero-order chi connectivity index (χ0) is 36.4. The van der Waals surface area contributed by atoms with E-state index in [-0.39, 0.29) is 30.2 Å². The van der Waals surface area contributed by atoms with Gasteiger partial charge in [0.1, 0.15) is 11.8 Å². The first-order chi connectivity index (χ1) is 24.4. The van der Waals surface area contributed by atoms with Gasteiger partial charge in [-0.2, -0.15) is 0 Å². The molecule has 1 fully saturated rings. The molecule has 0 radical (unpaired) electrons. The van der Waals surface area contributed by atoms with Crippen molar-refractivity contribution in [3.63, 3.8) is 0 Å². The van der Waals surface area contributed by atoms with E-state index in [0.29, 0.717) is 23.7 Å². The highest BCUT2D eigenvalue weighted by Gasteiger charge is 2.35. The maximum absolute atomic E-state index is 13.5. The maximum Gasteiger partial charge on any atom is 0.262 e. The summed E-state index contributed by atoms with van der Waals surface area (Å²) in [5, 5.41) is 16.8. The number of ether oxygens (including phenoxy) is 1. The number of carbonyl (C=O) groups is 2. The number of likely N-dealkylation sites (N-methyl/N-ethyl adjacent to an activating group) is 1. The summed E-state index contributed by atoms with van der Waals surface area (Å²) >= 11 is 1.44. The number of aromatic nitrogens is 2. The number of nitrogens with zero attached hydrogens (tertiary/aromatic N) is 3. The van der Waals surface area contributed by atoms with Gasteiger partial charge >= 0.3 is 0 Å². The van der Waals surface area contributed by atoms with Gasteiger partial charge < -0.3 is 25.4 Å². The molecule has 1 aliphatic heterocycles. The minimum absolute atomic E-state index is 0.0800. The molecule has 272 valence electrons. The van der Waals surface area contributed by atoms with Crippen molar-refractivity contribution in [3.8, 4) is 28.3 Å². The highest BCUT2D eigenvalue weighted by Crippen LogP contribution is 2.30. The second kappa shape index (κ2) is 17.4. The van der Waals surface area contributed by atoms with Gasteiger partial charge in [0.2, 0.25) is 5.91 Å². The van der Waals surface area contributed by atoms with Gasteiger partial charge in [-0.1, -0.05) is 89.8 Å². The predicted octanol–water partition coefficient (Wildman–Crippen LogP) is 7.04. The first-order valence-corrected chi connectivity index (χ1v) is 19.0. The molecule has 3 heterocycles. The van der Waals surface area contributed by atoms with Gasteiger partial charge in [-0.3, -0.25) is 9.59 Å². The first-order valence-electron chi connectivity index (χ1n) is 18.2. The Morgan fingerprint density at radius 1 is 0.941 bits per heavy atom. The number of unbranched alkanes of at least 4 members (excludes halogenated alkanes) is 4. The van der Waals surface area contributed by atoms with E-state index in [1.54, 1.807) is 0 Å². The van der Waals surface area contributed by atoms with Crippen LogP contribution < -0.4 is 15.4 Å². The maximum atomic E-state index is 13.5. The molecule has 5 rings (SSSR count). The Kier molecular flexibility index (Phi) is 13.0. The van der Waals surface area contributed by atoms with Crippen LogP contribution in [0.2, 0.25) is 0 Å². The lowest BCUT2D eigenvalue weighted by Gasteiger charge is -2.25. The molecule has 0 saturated carbocycles. The Labute approximate surface area is 306 Å². The van der Waals surface area contributed by atoms with E-state index in [9.17, 15) is 14.7 Å². The van der Waals surface area contributed by atoms with E-state index < -0.39 is 11.6 Å². The number of likely N-dealkylation sites (tertiary alicyclic amines) is 1. The Morgan fingerprint density at radius 3 is 2.25 bits per heavy atom. The molecular formula is C41H53N5O4S. The molecule has 2 aromatic heterocycles. The molecule has 10 heteroatoms. The Balaban J connectivity index is 1.22. The summed E-state index contributed by atoms with van der Waals surface area (Å²) < 4.78 is 5.91. The Hall–Kier alpha value is -4.12. The van der Waals surface area contributed by atoms with Crippen molar-refractivity contribution < 1.29 is 19.4 Å². The predicted molar refractivity (Wildman–Crippen MR) is 205 cm³/mol. The number of β-amino-alcohol motifs (C(OH)–C–C–N with tert-alkyl or cyclic N) is 1. The van der Waals surface area contributed by atoms with Crippen LogP contribution in [0.25, 0.3) is 22.5 Å². The standard InChI is InChI=1S/C41H53N5O4S/c1-6-7-8-9-10-23-50-33-17-15-30(16-18-33)32-25-42-37(43-26-32)31-13-11-29(12-14-31)24-34(38(47)44-27-41(49)21-22-46(5)28-41)45-39(48)35-19-20-36(51-35)40(2,3)4/h11-20,25-26,34,49H,6-10,21-24,27-28H2,1-5H3,(H,44,47)(H,45,48). The molecule has 1 aliphatic rings. The summed E-state index contributed by atoms with van der Waals surface area (Å²) in [6.45, 7) is 10.7. The SMILES string of the molecule is CCCCCCCOc1ccc(-c2cnc(-c3ccc(CC(NC(=O)c4ccc(C(C)(C)C)s4)C(=O)NCC4(O)CCN(C)C4)cc3)nc2)cc1. The van der Waals surface area contributed by atoms with Crippen molar-refractivity contribution in [2.75, 3.05) is 33.3 Å². The number of benzene rings is 2. The van der Waals surface area contributed by atoms with Crippen LogP contribution in [0.4, 0.5) is 0 Å². The molecule has 2 unspecified atom stereocenters. The van der Waals surface area contributed by atoms with E-state index in [1.165, 1.54) is 37.0 Å². The van der Waals surface area contributed by atoms with Crippen molar-refractivity contribution >= 4 is 23.2 Å². The molecule has 2 atom stereocenters. The summed E-state index contributed by atoms with van der Waals surface area (Å²) in [7, 11) is 1.95. The van der Waals surface area contributed by atoms with Gasteiger partial charge in [0.05, 0.1) is 17.1 Å². The number of rotatable bonds is 16. The molecule has 4 aromatic rings. The van der Waals surface area contributed by atoms with Crippen molar-refractivity contribution in [3.05, 3.63) is 88.4 Å². The van der Waals surface area contributed by atoms with Crippen LogP contribution in [0.1, 0.15) is 86.3 Å². The smallest absolute Gasteiger partial charge is 0.262 e. The van der Waals surface area contributed by atoms with E-state index in [1.807, 2.05) is 85.0 Å². The number of thiophene rings is 1. The van der Waals surface area contributed by atoms with E-state index in [2.05, 4.69) is 48.3 Å². The normalized spacial score (nSPS) is 16.9. The number of carbonyl (C=O) groups excluding carboxylic acids is 2. The van der Waals surface area contributed by atoms with Crippen molar-refractivity contribution in [1.29, 1.82) is 0 Å². The summed E-state index contributed by atoms with van der Waals surface area (Å²) in [6, 6.07) is 18.7.